The third kappa shape index (κ3) is 3.96. The largest absolute Gasteiger partial charge is 0.469 e. The first-order chi connectivity index (χ1) is 9.66. The summed E-state index contributed by atoms with van der Waals surface area (Å²) in [6.45, 7) is 1.97. The lowest BCUT2D eigenvalue weighted by molar-refractivity contribution is -0.123. The maximum absolute atomic E-state index is 12.1. The zero-order chi connectivity index (χ0) is 14.4. The summed E-state index contributed by atoms with van der Waals surface area (Å²) in [5.41, 5.74) is 6.77. The smallest absolute Gasteiger partial charge is 0.241 e. The highest BCUT2D eigenvalue weighted by Crippen LogP contribution is 2.11. The molecule has 2 unspecified atom stereocenters. The van der Waals surface area contributed by atoms with Crippen molar-refractivity contribution in [2.75, 3.05) is 0 Å². The van der Waals surface area contributed by atoms with E-state index >= 15 is 0 Å². The first kappa shape index (κ1) is 14.3. The minimum atomic E-state index is -0.623. The van der Waals surface area contributed by atoms with E-state index in [9.17, 15) is 4.79 Å². The van der Waals surface area contributed by atoms with Crippen LogP contribution in [-0.4, -0.2) is 11.9 Å². The molecular weight excluding hydrogens is 252 g/mol. The summed E-state index contributed by atoms with van der Waals surface area (Å²) >= 11 is 0. The van der Waals surface area contributed by atoms with E-state index in [0.29, 0.717) is 0 Å². The van der Waals surface area contributed by atoms with Crippen molar-refractivity contribution in [2.45, 2.75) is 31.8 Å². The van der Waals surface area contributed by atoms with Crippen molar-refractivity contribution in [3.8, 4) is 0 Å². The molecule has 1 aromatic heterocycles. The summed E-state index contributed by atoms with van der Waals surface area (Å²) in [5.74, 6) is 0.779. The van der Waals surface area contributed by atoms with Gasteiger partial charge in [-0.05, 0) is 31.0 Å². The Morgan fingerprint density at radius 3 is 2.65 bits per heavy atom. The van der Waals surface area contributed by atoms with E-state index in [1.807, 2.05) is 49.4 Å². The summed E-state index contributed by atoms with van der Waals surface area (Å²) < 4.78 is 5.27. The van der Waals surface area contributed by atoms with Gasteiger partial charge in [0.2, 0.25) is 5.91 Å². The van der Waals surface area contributed by atoms with Gasteiger partial charge in [0.05, 0.1) is 6.26 Å². The molecule has 20 heavy (non-hydrogen) atoms. The van der Waals surface area contributed by atoms with Gasteiger partial charge in [-0.2, -0.15) is 0 Å². The summed E-state index contributed by atoms with van der Waals surface area (Å²) in [7, 11) is 0. The molecule has 1 amide bonds. The van der Waals surface area contributed by atoms with E-state index in [-0.39, 0.29) is 11.9 Å². The number of hydrogen-bond acceptors (Lipinski definition) is 3. The van der Waals surface area contributed by atoms with Crippen molar-refractivity contribution >= 4 is 5.91 Å². The zero-order valence-corrected chi connectivity index (χ0v) is 11.6. The predicted molar refractivity (Wildman–Crippen MR) is 78.0 cm³/mol. The minimum Gasteiger partial charge on any atom is -0.469 e. The number of nitrogens with one attached hydrogen (secondary N) is 1. The van der Waals surface area contributed by atoms with Crippen molar-refractivity contribution in [3.05, 3.63) is 60.1 Å². The first-order valence-electron chi connectivity index (χ1n) is 6.80. The van der Waals surface area contributed by atoms with Gasteiger partial charge in [0.25, 0.3) is 0 Å². The van der Waals surface area contributed by atoms with Gasteiger partial charge >= 0.3 is 0 Å². The molecule has 0 aliphatic heterocycles. The van der Waals surface area contributed by atoms with Crippen molar-refractivity contribution < 1.29 is 9.21 Å². The third-order valence-electron chi connectivity index (χ3n) is 3.23. The number of hydrogen-bond donors (Lipinski definition) is 2. The van der Waals surface area contributed by atoms with E-state index in [4.69, 9.17) is 10.2 Å². The Hall–Kier alpha value is -2.07. The van der Waals surface area contributed by atoms with Gasteiger partial charge in [0.15, 0.2) is 0 Å². The third-order valence-corrected chi connectivity index (χ3v) is 3.23. The van der Waals surface area contributed by atoms with Crippen LogP contribution in [0, 0.1) is 0 Å². The highest BCUT2D eigenvalue weighted by Gasteiger charge is 2.17. The molecule has 1 aromatic carbocycles. The van der Waals surface area contributed by atoms with Crippen molar-refractivity contribution in [2.24, 2.45) is 5.73 Å². The van der Waals surface area contributed by atoms with Gasteiger partial charge in [-0.3, -0.25) is 4.79 Å². The molecule has 106 valence electrons. The van der Waals surface area contributed by atoms with Crippen molar-refractivity contribution in [1.29, 1.82) is 0 Å². The van der Waals surface area contributed by atoms with E-state index in [1.54, 1.807) is 6.26 Å². The quantitative estimate of drug-likeness (QED) is 0.848. The zero-order valence-electron chi connectivity index (χ0n) is 11.6. The van der Waals surface area contributed by atoms with Gasteiger partial charge < -0.3 is 15.5 Å². The van der Waals surface area contributed by atoms with Crippen LogP contribution in [0.4, 0.5) is 0 Å². The molecule has 2 rings (SSSR count). The second kappa shape index (κ2) is 6.91. The van der Waals surface area contributed by atoms with E-state index in [1.165, 1.54) is 0 Å². The van der Waals surface area contributed by atoms with Gasteiger partial charge in [0.1, 0.15) is 11.8 Å². The average Bonchev–Trinajstić information content (AvgIpc) is 2.98. The molecule has 4 nitrogen and oxygen atoms in total. The highest BCUT2D eigenvalue weighted by atomic mass is 16.3. The van der Waals surface area contributed by atoms with Gasteiger partial charge in [-0.25, -0.2) is 0 Å². The number of rotatable bonds is 6. The van der Waals surface area contributed by atoms with Crippen LogP contribution in [0.5, 0.6) is 0 Å². The Kier molecular flexibility index (Phi) is 4.96. The Morgan fingerprint density at radius 1 is 1.25 bits per heavy atom. The second-order valence-corrected chi connectivity index (χ2v) is 4.92. The van der Waals surface area contributed by atoms with Crippen LogP contribution in [0.25, 0.3) is 0 Å². The Balaban J connectivity index is 1.81. The molecule has 0 aliphatic rings. The molecule has 0 radical (unpaired) electrons. The molecule has 0 bridgehead atoms. The number of amides is 1. The normalized spacial score (nSPS) is 13.7. The fourth-order valence-corrected chi connectivity index (χ4v) is 2.03. The van der Waals surface area contributed by atoms with Gasteiger partial charge in [0, 0.05) is 12.5 Å². The van der Waals surface area contributed by atoms with Crippen molar-refractivity contribution in [1.82, 2.24) is 5.32 Å². The van der Waals surface area contributed by atoms with Crippen LogP contribution in [-0.2, 0) is 11.2 Å². The van der Waals surface area contributed by atoms with Crippen LogP contribution >= 0.6 is 0 Å². The monoisotopic (exact) mass is 272 g/mol. The molecule has 1 heterocycles. The van der Waals surface area contributed by atoms with Crippen LogP contribution in [0.1, 0.15) is 30.7 Å². The number of aryl methyl sites for hydroxylation is 1. The SMILES string of the molecule is CC(CCc1ccco1)NC(=O)C(N)c1ccccc1. The van der Waals surface area contributed by atoms with Crippen molar-refractivity contribution in [3.63, 3.8) is 0 Å². The molecule has 0 spiro atoms. The number of furan rings is 1. The van der Waals surface area contributed by atoms with Gasteiger partial charge in [-0.1, -0.05) is 30.3 Å². The Morgan fingerprint density at radius 2 is 2.00 bits per heavy atom. The van der Waals surface area contributed by atoms with E-state index in [0.717, 1.165) is 24.2 Å². The molecule has 3 N–H and O–H groups in total. The standard InChI is InChI=1S/C16H20N2O2/c1-12(9-10-14-8-5-11-20-14)18-16(19)15(17)13-6-3-2-4-7-13/h2-8,11-12,15H,9-10,17H2,1H3,(H,18,19). The molecule has 2 aromatic rings. The molecule has 0 aliphatic carbocycles. The highest BCUT2D eigenvalue weighted by molar-refractivity contribution is 5.83. The summed E-state index contributed by atoms with van der Waals surface area (Å²) in [4.78, 5) is 12.1. The minimum absolute atomic E-state index is 0.0577. The van der Waals surface area contributed by atoms with E-state index < -0.39 is 6.04 Å². The van der Waals surface area contributed by atoms with Crippen LogP contribution < -0.4 is 11.1 Å². The lowest BCUT2D eigenvalue weighted by Crippen LogP contribution is -2.39. The molecule has 0 fully saturated rings. The molecule has 2 atom stereocenters. The molecular formula is C16H20N2O2. The summed E-state index contributed by atoms with van der Waals surface area (Å²) in [6, 6.07) is 12.6. The average molecular weight is 272 g/mol. The van der Waals surface area contributed by atoms with Crippen LogP contribution in [0.2, 0.25) is 0 Å². The summed E-state index contributed by atoms with van der Waals surface area (Å²) in [5, 5.41) is 2.93. The lowest BCUT2D eigenvalue weighted by atomic mass is 10.1. The Labute approximate surface area is 119 Å². The molecule has 0 saturated heterocycles. The number of nitrogens with two attached hydrogens (primary N) is 1. The molecule has 0 saturated carbocycles. The van der Waals surface area contributed by atoms with Crippen LogP contribution in [0.15, 0.2) is 53.1 Å². The maximum atomic E-state index is 12.1. The fourth-order valence-electron chi connectivity index (χ4n) is 2.03. The fraction of sp³-hybridized carbons (Fsp3) is 0.312. The number of benzene rings is 1. The number of carbonyl (C=O) groups is 1. The summed E-state index contributed by atoms with van der Waals surface area (Å²) in [6.07, 6.45) is 3.28. The van der Waals surface area contributed by atoms with Crippen LogP contribution in [0.3, 0.4) is 0 Å². The lowest BCUT2D eigenvalue weighted by Gasteiger charge is -2.17. The molecule has 4 heteroatoms. The maximum Gasteiger partial charge on any atom is 0.241 e. The van der Waals surface area contributed by atoms with Gasteiger partial charge in [-0.15, -0.1) is 0 Å². The topological polar surface area (TPSA) is 68.3 Å². The Bertz CT molecular complexity index is 523. The van der Waals surface area contributed by atoms with E-state index in [2.05, 4.69) is 5.32 Å². The number of carbonyl (C=O) groups excluding carboxylic acids is 1. The predicted octanol–water partition coefficient (Wildman–Crippen LogP) is 2.42. The first-order valence-corrected chi connectivity index (χ1v) is 6.80. The second-order valence-electron chi connectivity index (χ2n) is 4.92.